The van der Waals surface area contributed by atoms with Gasteiger partial charge in [-0.15, -0.1) is 0 Å². The van der Waals surface area contributed by atoms with Gasteiger partial charge in [-0.25, -0.2) is 0 Å². The summed E-state index contributed by atoms with van der Waals surface area (Å²) >= 11 is 0. The lowest BCUT2D eigenvalue weighted by molar-refractivity contribution is 0.0901. The summed E-state index contributed by atoms with van der Waals surface area (Å²) in [4.78, 5) is 14.7. The minimum atomic E-state index is 0.164. The van der Waals surface area contributed by atoms with E-state index in [0.717, 1.165) is 12.3 Å². The molecule has 1 unspecified atom stereocenters. The molecule has 0 aliphatic carbocycles. The van der Waals surface area contributed by atoms with Crippen molar-refractivity contribution in [3.63, 3.8) is 0 Å². The Morgan fingerprint density at radius 3 is 3.00 bits per heavy atom. The van der Waals surface area contributed by atoms with Gasteiger partial charge in [-0.3, -0.25) is 9.69 Å². The third kappa shape index (κ3) is 2.80. The predicted octanol–water partition coefficient (Wildman–Crippen LogP) is 2.86. The van der Waals surface area contributed by atoms with Crippen LogP contribution in [0.15, 0.2) is 18.2 Å². The van der Waals surface area contributed by atoms with Gasteiger partial charge < -0.3 is 9.47 Å². The fourth-order valence-electron chi connectivity index (χ4n) is 2.92. The van der Waals surface area contributed by atoms with E-state index in [4.69, 9.17) is 9.47 Å². The van der Waals surface area contributed by atoms with Crippen LogP contribution in [0.1, 0.15) is 43.0 Å². The smallest absolute Gasteiger partial charge is 0.231 e. The monoisotopic (exact) mass is 275 g/mol. The number of benzene rings is 1. The Kier molecular flexibility index (Phi) is 3.92. The maximum atomic E-state index is 12.4. The maximum Gasteiger partial charge on any atom is 0.231 e. The molecule has 0 amide bonds. The van der Waals surface area contributed by atoms with E-state index in [1.165, 1.54) is 25.7 Å². The molecule has 0 spiro atoms. The molecule has 108 valence electrons. The van der Waals surface area contributed by atoms with Crippen molar-refractivity contribution in [2.75, 3.05) is 19.9 Å². The maximum absolute atomic E-state index is 12.4. The highest BCUT2D eigenvalue weighted by Crippen LogP contribution is 2.32. The largest absolute Gasteiger partial charge is 0.454 e. The van der Waals surface area contributed by atoms with Crippen molar-refractivity contribution in [1.29, 1.82) is 0 Å². The third-order valence-electron chi connectivity index (χ3n) is 4.23. The number of hydrogen-bond donors (Lipinski definition) is 0. The van der Waals surface area contributed by atoms with E-state index in [2.05, 4.69) is 11.8 Å². The van der Waals surface area contributed by atoms with Crippen LogP contribution in [0, 0.1) is 0 Å². The van der Waals surface area contributed by atoms with E-state index in [0.29, 0.717) is 23.9 Å². The van der Waals surface area contributed by atoms with Crippen LogP contribution < -0.4 is 9.47 Å². The zero-order chi connectivity index (χ0) is 13.9. The Labute approximate surface area is 119 Å². The Balaban J connectivity index is 1.69. The van der Waals surface area contributed by atoms with Crippen LogP contribution in [0.4, 0.5) is 0 Å². The van der Waals surface area contributed by atoms with Crippen LogP contribution >= 0.6 is 0 Å². The van der Waals surface area contributed by atoms with E-state index < -0.39 is 0 Å². The molecule has 4 nitrogen and oxygen atoms in total. The van der Waals surface area contributed by atoms with Gasteiger partial charge in [-0.05, 0) is 44.5 Å². The van der Waals surface area contributed by atoms with E-state index in [-0.39, 0.29) is 12.6 Å². The molecule has 2 aliphatic rings. The first-order chi connectivity index (χ1) is 9.74. The standard InChI is InChI=1S/C16H21NO3/c1-12-5-3-2-4-8-17(12)10-14(18)13-6-7-15-16(9-13)20-11-19-15/h6-7,9,12H,2-5,8,10-11H2,1H3. The van der Waals surface area contributed by atoms with Crippen LogP contribution in [-0.2, 0) is 0 Å². The van der Waals surface area contributed by atoms with Crippen LogP contribution in [-0.4, -0.2) is 36.6 Å². The fraction of sp³-hybridized carbons (Fsp3) is 0.562. The quantitative estimate of drug-likeness (QED) is 0.795. The Morgan fingerprint density at radius 2 is 2.10 bits per heavy atom. The first kappa shape index (κ1) is 13.4. The number of fused-ring (bicyclic) bond motifs is 1. The summed E-state index contributed by atoms with van der Waals surface area (Å²) in [6.45, 7) is 3.99. The topological polar surface area (TPSA) is 38.8 Å². The lowest BCUT2D eigenvalue weighted by atomic mass is 10.1. The number of rotatable bonds is 3. The predicted molar refractivity (Wildman–Crippen MR) is 76.4 cm³/mol. The van der Waals surface area contributed by atoms with Gasteiger partial charge >= 0.3 is 0 Å². The van der Waals surface area contributed by atoms with Crippen molar-refractivity contribution in [2.45, 2.75) is 38.6 Å². The molecule has 1 aromatic carbocycles. The number of carbonyl (C=O) groups excluding carboxylic acids is 1. The molecule has 1 atom stereocenters. The number of carbonyl (C=O) groups is 1. The van der Waals surface area contributed by atoms with Crippen molar-refractivity contribution in [1.82, 2.24) is 4.90 Å². The van der Waals surface area contributed by atoms with Crippen molar-refractivity contribution < 1.29 is 14.3 Å². The fourth-order valence-corrected chi connectivity index (χ4v) is 2.92. The molecular weight excluding hydrogens is 254 g/mol. The average molecular weight is 275 g/mol. The summed E-state index contributed by atoms with van der Waals surface area (Å²) in [5.41, 5.74) is 0.714. The average Bonchev–Trinajstić information content (AvgIpc) is 2.83. The van der Waals surface area contributed by atoms with Crippen LogP contribution in [0.5, 0.6) is 11.5 Å². The number of likely N-dealkylation sites (tertiary alicyclic amines) is 1. The molecule has 20 heavy (non-hydrogen) atoms. The molecule has 0 saturated carbocycles. The molecule has 0 radical (unpaired) electrons. The van der Waals surface area contributed by atoms with Crippen molar-refractivity contribution in [2.24, 2.45) is 0 Å². The number of hydrogen-bond acceptors (Lipinski definition) is 4. The summed E-state index contributed by atoms with van der Waals surface area (Å²) in [6, 6.07) is 5.95. The van der Waals surface area contributed by atoms with Crippen molar-refractivity contribution in [3.05, 3.63) is 23.8 Å². The third-order valence-corrected chi connectivity index (χ3v) is 4.23. The second-order valence-electron chi connectivity index (χ2n) is 5.66. The number of ether oxygens (including phenoxy) is 2. The van der Waals surface area contributed by atoms with Crippen LogP contribution in [0.2, 0.25) is 0 Å². The van der Waals surface area contributed by atoms with Crippen molar-refractivity contribution >= 4 is 5.78 Å². The molecule has 1 saturated heterocycles. The second-order valence-corrected chi connectivity index (χ2v) is 5.66. The Morgan fingerprint density at radius 1 is 1.25 bits per heavy atom. The minimum absolute atomic E-state index is 0.164. The summed E-state index contributed by atoms with van der Waals surface area (Å²) in [7, 11) is 0. The molecule has 0 N–H and O–H groups in total. The van der Waals surface area contributed by atoms with E-state index in [1.807, 2.05) is 12.1 Å². The van der Waals surface area contributed by atoms with E-state index in [1.54, 1.807) is 6.07 Å². The summed E-state index contributed by atoms with van der Waals surface area (Å²) in [6.07, 6.45) is 4.93. The highest BCUT2D eigenvalue weighted by Gasteiger charge is 2.21. The van der Waals surface area contributed by atoms with Gasteiger partial charge in [0.05, 0.1) is 6.54 Å². The normalized spacial score (nSPS) is 22.6. The zero-order valence-electron chi connectivity index (χ0n) is 11.9. The lowest BCUT2D eigenvalue weighted by Gasteiger charge is -2.26. The molecule has 2 aliphatic heterocycles. The number of Topliss-reactive ketones (excluding diaryl/α,β-unsaturated/α-hetero) is 1. The van der Waals surface area contributed by atoms with Gasteiger partial charge in [0.15, 0.2) is 17.3 Å². The molecule has 3 rings (SSSR count). The highest BCUT2D eigenvalue weighted by molar-refractivity contribution is 5.98. The van der Waals surface area contributed by atoms with Gasteiger partial charge in [-0.1, -0.05) is 12.8 Å². The van der Waals surface area contributed by atoms with Gasteiger partial charge in [0.25, 0.3) is 0 Å². The Bertz CT molecular complexity index is 500. The highest BCUT2D eigenvalue weighted by atomic mass is 16.7. The number of ketones is 1. The van der Waals surface area contributed by atoms with Crippen LogP contribution in [0.3, 0.4) is 0 Å². The summed E-state index contributed by atoms with van der Waals surface area (Å²) in [5, 5.41) is 0. The molecule has 0 aromatic heterocycles. The van der Waals surface area contributed by atoms with E-state index >= 15 is 0 Å². The SMILES string of the molecule is CC1CCCCCN1CC(=O)c1ccc2c(c1)OCO2. The molecule has 1 fully saturated rings. The molecule has 2 heterocycles. The van der Waals surface area contributed by atoms with Gasteiger partial charge in [0, 0.05) is 11.6 Å². The molecule has 1 aromatic rings. The van der Waals surface area contributed by atoms with Crippen LogP contribution in [0.25, 0.3) is 0 Å². The molecule has 0 bridgehead atoms. The first-order valence-corrected chi connectivity index (χ1v) is 7.41. The first-order valence-electron chi connectivity index (χ1n) is 7.41. The summed E-state index contributed by atoms with van der Waals surface area (Å²) in [5.74, 6) is 1.57. The summed E-state index contributed by atoms with van der Waals surface area (Å²) < 4.78 is 10.6. The van der Waals surface area contributed by atoms with Crippen molar-refractivity contribution in [3.8, 4) is 11.5 Å². The zero-order valence-corrected chi connectivity index (χ0v) is 11.9. The molecular formula is C16H21NO3. The van der Waals surface area contributed by atoms with Gasteiger partial charge in [0.1, 0.15) is 0 Å². The minimum Gasteiger partial charge on any atom is -0.454 e. The van der Waals surface area contributed by atoms with Gasteiger partial charge in [0.2, 0.25) is 6.79 Å². The second kappa shape index (κ2) is 5.83. The van der Waals surface area contributed by atoms with E-state index in [9.17, 15) is 4.79 Å². The Hall–Kier alpha value is -1.55. The number of nitrogens with zero attached hydrogens (tertiary/aromatic N) is 1. The molecule has 4 heteroatoms. The van der Waals surface area contributed by atoms with Gasteiger partial charge in [-0.2, -0.15) is 0 Å². The lowest BCUT2D eigenvalue weighted by Crippen LogP contribution is -2.37.